The molecule has 0 atom stereocenters. The first kappa shape index (κ1) is 16.5. The van der Waals surface area contributed by atoms with Crippen LogP contribution in [0, 0.1) is 6.92 Å². The zero-order valence-electron chi connectivity index (χ0n) is 13.3. The van der Waals surface area contributed by atoms with Crippen molar-refractivity contribution in [1.82, 2.24) is 5.32 Å². The molecular formula is C18H25NO3. The third-order valence-electron chi connectivity index (χ3n) is 4.17. The zero-order chi connectivity index (χ0) is 15.8. The van der Waals surface area contributed by atoms with Gasteiger partial charge in [-0.1, -0.05) is 50.3 Å². The Hall–Kier alpha value is -1.84. The van der Waals surface area contributed by atoms with E-state index in [0.717, 1.165) is 31.2 Å². The standard InChI is InChI=1S/C18H25NO3/c1-14-9-7-8-12-16(14)18(21)22-13-17(20)19-15-10-5-3-2-4-6-11-15/h7-9,12,15H,2-6,10-11,13H2,1H3,(H,19,20). The van der Waals surface area contributed by atoms with Gasteiger partial charge in [-0.3, -0.25) is 4.79 Å². The molecule has 0 radical (unpaired) electrons. The number of hydrogen-bond acceptors (Lipinski definition) is 3. The SMILES string of the molecule is Cc1ccccc1C(=O)OCC(=O)NC1CCCCCCC1. The molecule has 1 aromatic rings. The van der Waals surface area contributed by atoms with E-state index < -0.39 is 5.97 Å². The summed E-state index contributed by atoms with van der Waals surface area (Å²) in [7, 11) is 0. The van der Waals surface area contributed by atoms with Crippen molar-refractivity contribution >= 4 is 11.9 Å². The third kappa shape index (κ3) is 5.17. The molecule has 0 bridgehead atoms. The first-order valence-electron chi connectivity index (χ1n) is 8.19. The number of amides is 1. The number of esters is 1. The van der Waals surface area contributed by atoms with Crippen molar-refractivity contribution < 1.29 is 14.3 Å². The van der Waals surface area contributed by atoms with Gasteiger partial charge in [0.15, 0.2) is 6.61 Å². The largest absolute Gasteiger partial charge is 0.452 e. The second-order valence-electron chi connectivity index (χ2n) is 6.00. The average Bonchev–Trinajstić information content (AvgIpc) is 2.48. The normalized spacial score (nSPS) is 16.4. The van der Waals surface area contributed by atoms with Gasteiger partial charge in [0.1, 0.15) is 0 Å². The highest BCUT2D eigenvalue weighted by Crippen LogP contribution is 2.17. The number of ether oxygens (including phenoxy) is 1. The molecule has 1 amide bonds. The van der Waals surface area contributed by atoms with Gasteiger partial charge in [0.2, 0.25) is 0 Å². The number of hydrogen-bond donors (Lipinski definition) is 1. The molecule has 0 saturated heterocycles. The summed E-state index contributed by atoms with van der Waals surface area (Å²) >= 11 is 0. The number of aryl methyl sites for hydroxylation is 1. The lowest BCUT2D eigenvalue weighted by atomic mass is 9.97. The maximum atomic E-state index is 12.0. The van der Waals surface area contributed by atoms with E-state index in [1.54, 1.807) is 12.1 Å². The second-order valence-corrected chi connectivity index (χ2v) is 6.00. The maximum absolute atomic E-state index is 12.0. The van der Waals surface area contributed by atoms with Gasteiger partial charge in [0.05, 0.1) is 5.56 Å². The fourth-order valence-electron chi connectivity index (χ4n) is 2.88. The molecule has 0 unspecified atom stereocenters. The van der Waals surface area contributed by atoms with Crippen LogP contribution in [0.4, 0.5) is 0 Å². The summed E-state index contributed by atoms with van der Waals surface area (Å²) in [5.41, 5.74) is 1.37. The lowest BCUT2D eigenvalue weighted by Gasteiger charge is -2.20. The van der Waals surface area contributed by atoms with Gasteiger partial charge in [-0.15, -0.1) is 0 Å². The van der Waals surface area contributed by atoms with E-state index in [-0.39, 0.29) is 18.6 Å². The van der Waals surface area contributed by atoms with Crippen LogP contribution in [0.15, 0.2) is 24.3 Å². The third-order valence-corrected chi connectivity index (χ3v) is 4.17. The van der Waals surface area contributed by atoms with Crippen molar-refractivity contribution in [2.75, 3.05) is 6.61 Å². The predicted octanol–water partition coefficient (Wildman–Crippen LogP) is 3.38. The molecule has 4 nitrogen and oxygen atoms in total. The minimum Gasteiger partial charge on any atom is -0.452 e. The summed E-state index contributed by atoms with van der Waals surface area (Å²) in [6.07, 6.45) is 8.16. The molecule has 0 aliphatic heterocycles. The predicted molar refractivity (Wildman–Crippen MR) is 85.7 cm³/mol. The number of carbonyl (C=O) groups excluding carboxylic acids is 2. The van der Waals surface area contributed by atoms with Crippen LogP contribution < -0.4 is 5.32 Å². The lowest BCUT2D eigenvalue weighted by molar-refractivity contribution is -0.125. The van der Waals surface area contributed by atoms with Crippen LogP contribution in [0.3, 0.4) is 0 Å². The summed E-state index contributed by atoms with van der Waals surface area (Å²) in [4.78, 5) is 23.9. The van der Waals surface area contributed by atoms with Crippen molar-refractivity contribution in [3.63, 3.8) is 0 Å². The van der Waals surface area contributed by atoms with E-state index in [2.05, 4.69) is 5.32 Å². The molecule has 1 aliphatic rings. The van der Waals surface area contributed by atoms with Crippen molar-refractivity contribution in [1.29, 1.82) is 0 Å². The van der Waals surface area contributed by atoms with Crippen molar-refractivity contribution in [2.24, 2.45) is 0 Å². The van der Waals surface area contributed by atoms with Gasteiger partial charge in [0.25, 0.3) is 5.91 Å². The van der Waals surface area contributed by atoms with Gasteiger partial charge < -0.3 is 10.1 Å². The fourth-order valence-corrected chi connectivity index (χ4v) is 2.88. The van der Waals surface area contributed by atoms with Gasteiger partial charge in [-0.05, 0) is 31.4 Å². The highest BCUT2D eigenvalue weighted by Gasteiger charge is 2.16. The Kier molecular flexibility index (Phi) is 6.44. The Morgan fingerprint density at radius 3 is 2.41 bits per heavy atom. The number of carbonyl (C=O) groups is 2. The number of rotatable bonds is 4. The molecular weight excluding hydrogens is 278 g/mol. The Labute approximate surface area is 132 Å². The molecule has 1 saturated carbocycles. The number of nitrogens with one attached hydrogen (secondary N) is 1. The van der Waals surface area contributed by atoms with Crippen LogP contribution >= 0.6 is 0 Å². The van der Waals surface area contributed by atoms with Crippen LogP contribution in [-0.2, 0) is 9.53 Å². The highest BCUT2D eigenvalue weighted by molar-refractivity contribution is 5.92. The Balaban J connectivity index is 1.77. The molecule has 22 heavy (non-hydrogen) atoms. The lowest BCUT2D eigenvalue weighted by Crippen LogP contribution is -2.38. The van der Waals surface area contributed by atoms with E-state index in [1.807, 2.05) is 19.1 Å². The van der Waals surface area contributed by atoms with Gasteiger partial charge in [0, 0.05) is 6.04 Å². The first-order chi connectivity index (χ1) is 10.7. The summed E-state index contributed by atoms with van der Waals surface area (Å²) in [6.45, 7) is 1.65. The molecule has 0 heterocycles. The molecule has 120 valence electrons. The van der Waals surface area contributed by atoms with Crippen LogP contribution in [-0.4, -0.2) is 24.5 Å². The summed E-state index contributed by atoms with van der Waals surface area (Å²) in [6, 6.07) is 7.45. The van der Waals surface area contributed by atoms with Crippen molar-refractivity contribution in [3.05, 3.63) is 35.4 Å². The molecule has 4 heteroatoms. The quantitative estimate of drug-likeness (QED) is 0.868. The van der Waals surface area contributed by atoms with Crippen LogP contribution in [0.2, 0.25) is 0 Å². The van der Waals surface area contributed by atoms with Crippen molar-refractivity contribution in [2.45, 2.75) is 57.9 Å². The molecule has 1 aromatic carbocycles. The summed E-state index contributed by atoms with van der Waals surface area (Å²) in [5.74, 6) is -0.640. The maximum Gasteiger partial charge on any atom is 0.338 e. The molecule has 0 spiro atoms. The minimum atomic E-state index is -0.439. The summed E-state index contributed by atoms with van der Waals surface area (Å²) < 4.78 is 5.12. The Morgan fingerprint density at radius 2 is 1.73 bits per heavy atom. The summed E-state index contributed by atoms with van der Waals surface area (Å²) in [5, 5.41) is 2.99. The number of benzene rings is 1. The Morgan fingerprint density at radius 1 is 1.09 bits per heavy atom. The van der Waals surface area contributed by atoms with Gasteiger partial charge in [-0.2, -0.15) is 0 Å². The fraction of sp³-hybridized carbons (Fsp3) is 0.556. The molecule has 1 N–H and O–H groups in total. The average molecular weight is 303 g/mol. The smallest absolute Gasteiger partial charge is 0.338 e. The molecule has 2 rings (SSSR count). The minimum absolute atomic E-state index is 0.201. The van der Waals surface area contributed by atoms with Crippen LogP contribution in [0.1, 0.15) is 60.9 Å². The van der Waals surface area contributed by atoms with E-state index in [0.29, 0.717) is 5.56 Å². The monoisotopic (exact) mass is 303 g/mol. The van der Waals surface area contributed by atoms with E-state index in [9.17, 15) is 9.59 Å². The Bertz CT molecular complexity index is 505. The first-order valence-corrected chi connectivity index (χ1v) is 8.19. The highest BCUT2D eigenvalue weighted by atomic mass is 16.5. The zero-order valence-corrected chi connectivity index (χ0v) is 13.3. The van der Waals surface area contributed by atoms with Crippen molar-refractivity contribution in [3.8, 4) is 0 Å². The topological polar surface area (TPSA) is 55.4 Å². The van der Waals surface area contributed by atoms with E-state index in [4.69, 9.17) is 4.74 Å². The van der Waals surface area contributed by atoms with Gasteiger partial charge >= 0.3 is 5.97 Å². The second kappa shape index (κ2) is 8.57. The van der Waals surface area contributed by atoms with Crippen LogP contribution in [0.5, 0.6) is 0 Å². The van der Waals surface area contributed by atoms with E-state index >= 15 is 0 Å². The molecule has 0 aromatic heterocycles. The molecule has 1 aliphatic carbocycles. The molecule has 1 fully saturated rings. The van der Waals surface area contributed by atoms with E-state index in [1.165, 1.54) is 19.3 Å². The van der Waals surface area contributed by atoms with Crippen LogP contribution in [0.25, 0.3) is 0 Å². The van der Waals surface area contributed by atoms with Gasteiger partial charge in [-0.25, -0.2) is 4.79 Å².